The smallest absolute Gasteiger partial charge is 0.412 e. The van der Waals surface area contributed by atoms with Crippen molar-refractivity contribution in [3.63, 3.8) is 0 Å². The number of aliphatic hydroxyl groups excluding tert-OH is 1. The molecule has 6 nitrogen and oxygen atoms in total. The van der Waals surface area contributed by atoms with E-state index in [1.807, 2.05) is 33.9 Å². The van der Waals surface area contributed by atoms with Gasteiger partial charge in [0, 0.05) is 17.8 Å². The molecular formula is C21H29F4N3O3Si. The average molecular weight is 476 g/mol. The maximum atomic E-state index is 14.2. The van der Waals surface area contributed by atoms with Gasteiger partial charge in [0.2, 0.25) is 0 Å². The lowest BCUT2D eigenvalue weighted by molar-refractivity contribution is -0.222. The van der Waals surface area contributed by atoms with Gasteiger partial charge in [-0.05, 0) is 43.6 Å². The van der Waals surface area contributed by atoms with Gasteiger partial charge in [-0.3, -0.25) is 0 Å². The molecule has 11 heteroatoms. The Bertz CT molecular complexity index is 909. The number of hydrogen-bond acceptors (Lipinski definition) is 4. The minimum atomic E-state index is -4.96. The van der Waals surface area contributed by atoms with Gasteiger partial charge in [-0.25, -0.2) is 9.18 Å². The van der Waals surface area contributed by atoms with Crippen LogP contribution in [0.2, 0.25) is 18.1 Å². The molecule has 1 aliphatic heterocycles. The standard InChI is InChI=1S/C21H29F4N3O3Si/c1-12-14(8-7-13(11-26)16(12)22)27-19(30)28-10-9-15(17(28)18(29)21(23,24)25)31-32(5,6)20(2,3)4/h7-8,15,17-18,29H,9-10H2,1-6H3,(H,27,30)/t15-,17-,18+/m0/s1. The molecule has 1 aromatic carbocycles. The second kappa shape index (κ2) is 9.00. The molecule has 0 aliphatic carbocycles. The molecule has 2 N–H and O–H groups in total. The summed E-state index contributed by atoms with van der Waals surface area (Å²) < 4.78 is 60.8. The Kier molecular flexibility index (Phi) is 7.34. The van der Waals surface area contributed by atoms with Crippen LogP contribution in [-0.2, 0) is 4.43 Å². The number of hydrogen-bond donors (Lipinski definition) is 2. The number of aliphatic hydroxyl groups is 1. The zero-order valence-corrected chi connectivity index (χ0v) is 20.0. The first-order valence-corrected chi connectivity index (χ1v) is 13.1. The van der Waals surface area contributed by atoms with Crippen LogP contribution in [0.15, 0.2) is 12.1 Å². The number of anilines is 1. The van der Waals surface area contributed by atoms with Gasteiger partial charge in [0.1, 0.15) is 11.9 Å². The van der Waals surface area contributed by atoms with E-state index in [1.165, 1.54) is 19.1 Å². The molecule has 32 heavy (non-hydrogen) atoms. The summed E-state index contributed by atoms with van der Waals surface area (Å²) in [4.78, 5) is 13.8. The summed E-state index contributed by atoms with van der Waals surface area (Å²) in [5.74, 6) is -0.822. The predicted octanol–water partition coefficient (Wildman–Crippen LogP) is 4.93. The maximum Gasteiger partial charge on any atom is 0.416 e. The van der Waals surface area contributed by atoms with Crippen molar-refractivity contribution >= 4 is 20.0 Å². The number of urea groups is 1. The molecule has 1 saturated heterocycles. The van der Waals surface area contributed by atoms with Crippen LogP contribution < -0.4 is 5.32 Å². The summed E-state index contributed by atoms with van der Waals surface area (Å²) in [7, 11) is -2.50. The molecular weight excluding hydrogens is 446 g/mol. The van der Waals surface area contributed by atoms with Gasteiger partial charge in [-0.2, -0.15) is 18.4 Å². The summed E-state index contributed by atoms with van der Waals surface area (Å²) in [5.41, 5.74) is -0.200. The fourth-order valence-corrected chi connectivity index (χ4v) is 4.74. The van der Waals surface area contributed by atoms with Crippen molar-refractivity contribution in [1.82, 2.24) is 4.90 Å². The molecule has 0 aromatic heterocycles. The first kappa shape index (κ1) is 26.1. The number of rotatable bonds is 4. The van der Waals surface area contributed by atoms with Gasteiger partial charge in [0.05, 0.1) is 17.7 Å². The summed E-state index contributed by atoms with van der Waals surface area (Å²) in [5, 5.41) is 21.1. The first-order chi connectivity index (χ1) is 14.5. The Morgan fingerprint density at radius 2 is 1.94 bits per heavy atom. The Morgan fingerprint density at radius 1 is 1.34 bits per heavy atom. The lowest BCUT2D eigenvalue weighted by Gasteiger charge is -2.41. The summed E-state index contributed by atoms with van der Waals surface area (Å²) >= 11 is 0. The molecule has 2 amide bonds. The summed E-state index contributed by atoms with van der Waals surface area (Å²) in [6, 6.07) is 1.61. The van der Waals surface area contributed by atoms with E-state index in [0.29, 0.717) is 0 Å². The topological polar surface area (TPSA) is 85.6 Å². The van der Waals surface area contributed by atoms with Crippen LogP contribution in [0.3, 0.4) is 0 Å². The molecule has 0 spiro atoms. The molecule has 2 rings (SSSR count). The number of nitriles is 1. The monoisotopic (exact) mass is 475 g/mol. The Labute approximate surface area is 186 Å². The quantitative estimate of drug-likeness (QED) is 0.478. The number of alkyl halides is 3. The van der Waals surface area contributed by atoms with E-state index in [0.717, 1.165) is 4.90 Å². The van der Waals surface area contributed by atoms with Gasteiger partial charge in [0.15, 0.2) is 14.4 Å². The van der Waals surface area contributed by atoms with Crippen molar-refractivity contribution in [2.75, 3.05) is 11.9 Å². The normalized spacial score (nSPS) is 20.8. The molecule has 1 fully saturated rings. The molecule has 178 valence electrons. The number of likely N-dealkylation sites (tertiary alicyclic amines) is 1. The number of carbonyl (C=O) groups excluding carboxylic acids is 1. The largest absolute Gasteiger partial charge is 0.416 e. The lowest BCUT2D eigenvalue weighted by Crippen LogP contribution is -2.57. The number of amides is 2. The van der Waals surface area contributed by atoms with E-state index in [2.05, 4.69) is 5.32 Å². The SMILES string of the molecule is Cc1c(NC(=O)N2CC[C@H](O[Si](C)(C)C(C)(C)C)[C@H]2[C@@H](O)C(F)(F)F)ccc(C#N)c1F. The van der Waals surface area contributed by atoms with Gasteiger partial charge in [0.25, 0.3) is 0 Å². The lowest BCUT2D eigenvalue weighted by atomic mass is 10.1. The molecule has 3 atom stereocenters. The Morgan fingerprint density at radius 3 is 2.44 bits per heavy atom. The van der Waals surface area contributed by atoms with Crippen LogP contribution in [0, 0.1) is 24.1 Å². The van der Waals surface area contributed by atoms with E-state index in [1.54, 1.807) is 6.07 Å². The molecule has 0 bridgehead atoms. The van der Waals surface area contributed by atoms with Crippen LogP contribution in [0.1, 0.15) is 38.3 Å². The van der Waals surface area contributed by atoms with Crippen molar-refractivity contribution in [1.29, 1.82) is 5.26 Å². The highest BCUT2D eigenvalue weighted by molar-refractivity contribution is 6.74. The fourth-order valence-electron chi connectivity index (χ4n) is 3.37. The molecule has 1 aliphatic rings. The van der Waals surface area contributed by atoms with Gasteiger partial charge < -0.3 is 19.7 Å². The zero-order chi connectivity index (χ0) is 24.6. The minimum absolute atomic E-state index is 0.0152. The van der Waals surface area contributed by atoms with E-state index in [-0.39, 0.29) is 34.8 Å². The molecule has 0 radical (unpaired) electrons. The van der Waals surface area contributed by atoms with Crippen LogP contribution in [0.5, 0.6) is 0 Å². The summed E-state index contributed by atoms with van der Waals surface area (Å²) in [6.07, 6.45) is -8.64. The number of benzene rings is 1. The predicted molar refractivity (Wildman–Crippen MR) is 114 cm³/mol. The second-order valence-electron chi connectivity index (χ2n) is 9.52. The van der Waals surface area contributed by atoms with Crippen molar-refractivity contribution in [2.45, 2.75) is 76.7 Å². The van der Waals surface area contributed by atoms with E-state index >= 15 is 0 Å². The summed E-state index contributed by atoms with van der Waals surface area (Å²) in [6.45, 7) is 10.9. The Balaban J connectivity index is 2.34. The first-order valence-electron chi connectivity index (χ1n) is 10.2. The maximum absolute atomic E-state index is 14.2. The van der Waals surface area contributed by atoms with Crippen molar-refractivity contribution in [2.24, 2.45) is 0 Å². The molecule has 0 saturated carbocycles. The van der Waals surface area contributed by atoms with Crippen LogP contribution in [-0.4, -0.2) is 55.3 Å². The van der Waals surface area contributed by atoms with E-state index in [4.69, 9.17) is 9.69 Å². The van der Waals surface area contributed by atoms with Gasteiger partial charge in [-0.15, -0.1) is 0 Å². The molecule has 0 unspecified atom stereocenters. The third-order valence-electron chi connectivity index (χ3n) is 6.32. The van der Waals surface area contributed by atoms with E-state index in [9.17, 15) is 27.5 Å². The highest BCUT2D eigenvalue weighted by Crippen LogP contribution is 2.41. The Hall–Kier alpha value is -2.16. The van der Waals surface area contributed by atoms with Crippen LogP contribution in [0.25, 0.3) is 0 Å². The number of halogens is 4. The van der Waals surface area contributed by atoms with Crippen molar-refractivity contribution in [3.8, 4) is 6.07 Å². The third-order valence-corrected chi connectivity index (χ3v) is 10.8. The van der Waals surface area contributed by atoms with Gasteiger partial charge >= 0.3 is 12.2 Å². The van der Waals surface area contributed by atoms with Crippen molar-refractivity contribution < 1.29 is 31.9 Å². The minimum Gasteiger partial charge on any atom is -0.412 e. The van der Waals surface area contributed by atoms with Crippen LogP contribution in [0.4, 0.5) is 28.0 Å². The fraction of sp³-hybridized carbons (Fsp3) is 0.619. The number of nitrogens with one attached hydrogen (secondary N) is 1. The third kappa shape index (κ3) is 5.24. The average Bonchev–Trinajstić information content (AvgIpc) is 3.06. The highest BCUT2D eigenvalue weighted by Gasteiger charge is 2.54. The molecule has 1 heterocycles. The van der Waals surface area contributed by atoms with Gasteiger partial charge in [-0.1, -0.05) is 20.8 Å². The number of carbonyl (C=O) groups is 1. The van der Waals surface area contributed by atoms with Crippen molar-refractivity contribution in [3.05, 3.63) is 29.1 Å². The molecule has 1 aromatic rings. The highest BCUT2D eigenvalue weighted by atomic mass is 28.4. The zero-order valence-electron chi connectivity index (χ0n) is 19.0. The number of nitrogens with zero attached hydrogens (tertiary/aromatic N) is 2. The van der Waals surface area contributed by atoms with E-state index < -0.39 is 44.6 Å². The second-order valence-corrected chi connectivity index (χ2v) is 14.3. The van der Waals surface area contributed by atoms with Crippen LogP contribution >= 0.6 is 0 Å².